The molecule has 2 heteroatoms. The summed E-state index contributed by atoms with van der Waals surface area (Å²) in [6.45, 7) is 15.2. The van der Waals surface area contributed by atoms with Gasteiger partial charge in [0.1, 0.15) is 0 Å². The van der Waals surface area contributed by atoms with Gasteiger partial charge >= 0.3 is 0 Å². The van der Waals surface area contributed by atoms with E-state index in [4.69, 9.17) is 4.74 Å². The van der Waals surface area contributed by atoms with E-state index in [2.05, 4.69) is 53.5 Å². The van der Waals surface area contributed by atoms with E-state index in [0.717, 1.165) is 5.92 Å². The fourth-order valence-electron chi connectivity index (χ4n) is 3.65. The maximum atomic E-state index is 5.79. The van der Waals surface area contributed by atoms with Crippen LogP contribution in [-0.2, 0) is 4.74 Å². The van der Waals surface area contributed by atoms with Gasteiger partial charge in [-0.25, -0.2) is 0 Å². The third-order valence-electron chi connectivity index (χ3n) is 5.66. The third-order valence-corrected chi connectivity index (χ3v) is 5.66. The van der Waals surface area contributed by atoms with Crippen molar-refractivity contribution in [1.82, 2.24) is 4.90 Å². The first kappa shape index (κ1) is 19.9. The van der Waals surface area contributed by atoms with Gasteiger partial charge in [0.15, 0.2) is 0 Å². The van der Waals surface area contributed by atoms with Crippen LogP contribution in [0.2, 0.25) is 0 Å². The van der Waals surface area contributed by atoms with E-state index in [-0.39, 0.29) is 11.5 Å². The highest BCUT2D eigenvalue weighted by Crippen LogP contribution is 2.42. The van der Waals surface area contributed by atoms with Gasteiger partial charge in [-0.15, -0.1) is 0 Å². The standard InChI is InChI=1S/C18H39NO/c1-9-12-14-19(7)15(4)18(6,16(5)20-8)17(11-3)13-10-2/h15-17H,9-14H2,1-8H3. The summed E-state index contributed by atoms with van der Waals surface area (Å²) in [6, 6.07) is 0.542. The Bertz CT molecular complexity index is 244. The highest BCUT2D eigenvalue weighted by atomic mass is 16.5. The zero-order valence-electron chi connectivity index (χ0n) is 15.3. The van der Waals surface area contributed by atoms with Gasteiger partial charge in [-0.1, -0.05) is 53.4 Å². The van der Waals surface area contributed by atoms with Gasteiger partial charge in [0.2, 0.25) is 0 Å². The molecule has 2 nitrogen and oxygen atoms in total. The molecule has 0 saturated heterocycles. The average molecular weight is 286 g/mol. The molecule has 4 atom stereocenters. The van der Waals surface area contributed by atoms with E-state index >= 15 is 0 Å². The van der Waals surface area contributed by atoms with Crippen LogP contribution < -0.4 is 0 Å². The molecule has 0 aromatic carbocycles. The zero-order valence-corrected chi connectivity index (χ0v) is 15.3. The molecule has 20 heavy (non-hydrogen) atoms. The Morgan fingerprint density at radius 1 is 1.10 bits per heavy atom. The van der Waals surface area contributed by atoms with E-state index in [1.54, 1.807) is 0 Å². The fraction of sp³-hybridized carbons (Fsp3) is 1.00. The second-order valence-electron chi connectivity index (χ2n) is 6.65. The first-order chi connectivity index (χ1) is 9.39. The third kappa shape index (κ3) is 4.73. The lowest BCUT2D eigenvalue weighted by atomic mass is 9.65. The quantitative estimate of drug-likeness (QED) is 0.531. The number of ether oxygens (including phenoxy) is 1. The Hall–Kier alpha value is -0.0800. The lowest BCUT2D eigenvalue weighted by Gasteiger charge is -2.49. The minimum atomic E-state index is 0.210. The van der Waals surface area contributed by atoms with Crippen molar-refractivity contribution in [3.05, 3.63) is 0 Å². The van der Waals surface area contributed by atoms with Gasteiger partial charge in [0.05, 0.1) is 6.10 Å². The largest absolute Gasteiger partial charge is 0.381 e. The van der Waals surface area contributed by atoms with Crippen LogP contribution in [0.5, 0.6) is 0 Å². The van der Waals surface area contributed by atoms with E-state index < -0.39 is 0 Å². The Morgan fingerprint density at radius 2 is 1.70 bits per heavy atom. The molecule has 4 unspecified atom stereocenters. The number of nitrogens with zero attached hydrogens (tertiary/aromatic N) is 1. The molecule has 0 saturated carbocycles. The van der Waals surface area contributed by atoms with Crippen LogP contribution in [-0.4, -0.2) is 37.7 Å². The van der Waals surface area contributed by atoms with Gasteiger partial charge in [-0.2, -0.15) is 0 Å². The van der Waals surface area contributed by atoms with Crippen LogP contribution in [0.1, 0.15) is 73.6 Å². The monoisotopic (exact) mass is 285 g/mol. The molecule has 0 aliphatic carbocycles. The van der Waals surface area contributed by atoms with Crippen molar-refractivity contribution in [2.45, 2.75) is 85.8 Å². The Balaban J connectivity index is 5.18. The Kier molecular flexibility index (Phi) is 9.74. The Morgan fingerprint density at radius 3 is 2.10 bits per heavy atom. The molecule has 0 bridgehead atoms. The molecule has 0 aliphatic heterocycles. The SMILES string of the molecule is CCCCN(C)C(C)C(C)(C(CC)CCC)C(C)OC. The summed E-state index contributed by atoms with van der Waals surface area (Å²) in [5.41, 5.74) is 0.210. The molecule has 0 fully saturated rings. The van der Waals surface area contributed by atoms with Crippen molar-refractivity contribution in [3.8, 4) is 0 Å². The van der Waals surface area contributed by atoms with Crippen LogP contribution in [0.15, 0.2) is 0 Å². The molecule has 0 amide bonds. The summed E-state index contributed by atoms with van der Waals surface area (Å²) >= 11 is 0. The van der Waals surface area contributed by atoms with E-state index in [0.29, 0.717) is 6.04 Å². The lowest BCUT2D eigenvalue weighted by molar-refractivity contribution is -0.0762. The molecule has 0 N–H and O–H groups in total. The maximum Gasteiger partial charge on any atom is 0.0614 e. The zero-order chi connectivity index (χ0) is 15.8. The van der Waals surface area contributed by atoms with E-state index in [1.807, 2.05) is 7.11 Å². The van der Waals surface area contributed by atoms with Crippen molar-refractivity contribution < 1.29 is 4.74 Å². The van der Waals surface area contributed by atoms with Gasteiger partial charge in [0, 0.05) is 18.6 Å². The second-order valence-corrected chi connectivity index (χ2v) is 6.65. The van der Waals surface area contributed by atoms with Crippen LogP contribution >= 0.6 is 0 Å². The van der Waals surface area contributed by atoms with Gasteiger partial charge in [-0.05, 0) is 39.8 Å². The summed E-state index contributed by atoms with van der Waals surface area (Å²) in [4.78, 5) is 2.54. The molecular weight excluding hydrogens is 246 g/mol. The molecule has 0 aromatic rings. The summed E-state index contributed by atoms with van der Waals surface area (Å²) < 4.78 is 5.79. The van der Waals surface area contributed by atoms with Crippen molar-refractivity contribution in [3.63, 3.8) is 0 Å². The number of methoxy groups -OCH3 is 1. The number of hydrogen-bond acceptors (Lipinski definition) is 2. The average Bonchev–Trinajstić information content (AvgIpc) is 2.47. The molecule has 0 heterocycles. The number of unbranched alkanes of at least 4 members (excludes halogenated alkanes) is 1. The normalized spacial score (nSPS) is 19.6. The lowest BCUT2D eigenvalue weighted by Crippen LogP contribution is -2.53. The second kappa shape index (κ2) is 9.78. The fourth-order valence-corrected chi connectivity index (χ4v) is 3.65. The molecule has 0 radical (unpaired) electrons. The summed E-state index contributed by atoms with van der Waals surface area (Å²) in [7, 11) is 4.14. The van der Waals surface area contributed by atoms with Crippen molar-refractivity contribution in [1.29, 1.82) is 0 Å². The van der Waals surface area contributed by atoms with Crippen LogP contribution in [0.4, 0.5) is 0 Å². The molecule has 0 aromatic heterocycles. The molecular formula is C18H39NO. The van der Waals surface area contributed by atoms with Gasteiger partial charge < -0.3 is 9.64 Å². The van der Waals surface area contributed by atoms with Crippen LogP contribution in [0, 0.1) is 11.3 Å². The number of hydrogen-bond donors (Lipinski definition) is 0. The molecule has 0 rings (SSSR count). The summed E-state index contributed by atoms with van der Waals surface area (Å²) in [6.07, 6.45) is 6.63. The van der Waals surface area contributed by atoms with E-state index in [1.165, 1.54) is 38.6 Å². The van der Waals surface area contributed by atoms with Crippen LogP contribution in [0.3, 0.4) is 0 Å². The first-order valence-corrected chi connectivity index (χ1v) is 8.62. The minimum Gasteiger partial charge on any atom is -0.381 e. The molecule has 122 valence electrons. The predicted octanol–water partition coefficient (Wildman–Crippen LogP) is 4.97. The minimum absolute atomic E-state index is 0.210. The Labute approximate surface area is 128 Å². The van der Waals surface area contributed by atoms with Crippen molar-refractivity contribution in [2.24, 2.45) is 11.3 Å². The predicted molar refractivity (Wildman–Crippen MR) is 90.3 cm³/mol. The topological polar surface area (TPSA) is 12.5 Å². The smallest absolute Gasteiger partial charge is 0.0614 e. The number of rotatable bonds is 11. The maximum absolute atomic E-state index is 5.79. The van der Waals surface area contributed by atoms with Crippen molar-refractivity contribution >= 4 is 0 Å². The van der Waals surface area contributed by atoms with Gasteiger partial charge in [-0.3, -0.25) is 0 Å². The van der Waals surface area contributed by atoms with E-state index in [9.17, 15) is 0 Å². The highest BCUT2D eigenvalue weighted by Gasteiger charge is 2.44. The van der Waals surface area contributed by atoms with Gasteiger partial charge in [0.25, 0.3) is 0 Å². The summed E-state index contributed by atoms with van der Waals surface area (Å²) in [5.74, 6) is 0.724. The molecule has 0 spiro atoms. The highest BCUT2D eigenvalue weighted by molar-refractivity contribution is 4.95. The van der Waals surface area contributed by atoms with Crippen LogP contribution in [0.25, 0.3) is 0 Å². The first-order valence-electron chi connectivity index (χ1n) is 8.62. The molecule has 0 aliphatic rings. The van der Waals surface area contributed by atoms with Crippen molar-refractivity contribution in [2.75, 3.05) is 20.7 Å². The summed E-state index contributed by atoms with van der Waals surface area (Å²) in [5, 5.41) is 0.